The largest absolute Gasteiger partial charge is 0.493 e. The predicted molar refractivity (Wildman–Crippen MR) is 83.4 cm³/mol. The van der Waals surface area contributed by atoms with Gasteiger partial charge in [0, 0.05) is 18.2 Å². The Morgan fingerprint density at radius 1 is 1.30 bits per heavy atom. The highest BCUT2D eigenvalue weighted by atomic mass is 16.5. The molecule has 1 aromatic rings. The first kappa shape index (κ1) is 14.9. The smallest absolute Gasteiger partial charge is 0.167 e. The average Bonchev–Trinajstić information content (AvgIpc) is 3.26. The van der Waals surface area contributed by atoms with E-state index in [1.165, 1.54) is 18.4 Å². The van der Waals surface area contributed by atoms with Crippen LogP contribution in [0.2, 0.25) is 0 Å². The van der Waals surface area contributed by atoms with E-state index < -0.39 is 0 Å². The van der Waals surface area contributed by atoms with Gasteiger partial charge in [-0.3, -0.25) is 0 Å². The van der Waals surface area contributed by atoms with Gasteiger partial charge in [0.25, 0.3) is 0 Å². The molecular formula is C17H25NO2. The minimum Gasteiger partial charge on any atom is -0.493 e. The number of rotatable bonds is 7. The quantitative estimate of drug-likeness (QED) is 0.826. The van der Waals surface area contributed by atoms with E-state index in [0.29, 0.717) is 5.92 Å². The van der Waals surface area contributed by atoms with Crippen LogP contribution in [0, 0.1) is 5.92 Å². The lowest BCUT2D eigenvalue weighted by Gasteiger charge is -2.15. The maximum atomic E-state index is 5.50. The van der Waals surface area contributed by atoms with Gasteiger partial charge in [-0.2, -0.15) is 0 Å². The number of benzene rings is 1. The summed E-state index contributed by atoms with van der Waals surface area (Å²) in [6.07, 6.45) is 4.85. The summed E-state index contributed by atoms with van der Waals surface area (Å²) in [5.74, 6) is 2.09. The third-order valence-corrected chi connectivity index (χ3v) is 3.69. The molecule has 1 aliphatic rings. The minimum atomic E-state index is 0.511. The van der Waals surface area contributed by atoms with E-state index in [1.807, 2.05) is 12.1 Å². The fourth-order valence-electron chi connectivity index (χ4n) is 2.20. The molecule has 0 heterocycles. The lowest BCUT2D eigenvalue weighted by Crippen LogP contribution is -2.21. The Kier molecular flexibility index (Phi) is 5.07. The summed E-state index contributed by atoms with van der Waals surface area (Å²) in [5, 5.41) is 3.58. The van der Waals surface area contributed by atoms with Crippen LogP contribution in [0.3, 0.4) is 0 Å². The van der Waals surface area contributed by atoms with Crippen LogP contribution in [0.25, 0.3) is 6.08 Å². The predicted octanol–water partition coefficient (Wildman–Crippen LogP) is 3.50. The Balaban J connectivity index is 2.24. The van der Waals surface area contributed by atoms with Crippen LogP contribution in [-0.4, -0.2) is 26.8 Å². The van der Waals surface area contributed by atoms with Crippen molar-refractivity contribution in [3.63, 3.8) is 0 Å². The van der Waals surface area contributed by atoms with E-state index in [1.54, 1.807) is 14.2 Å². The van der Waals surface area contributed by atoms with Crippen LogP contribution in [0.5, 0.6) is 11.5 Å². The highest BCUT2D eigenvalue weighted by Crippen LogP contribution is 2.33. The molecule has 3 heteroatoms. The number of methoxy groups -OCH3 is 2. The van der Waals surface area contributed by atoms with Gasteiger partial charge in [0.15, 0.2) is 11.5 Å². The first-order chi connectivity index (χ1) is 9.65. The summed E-state index contributed by atoms with van der Waals surface area (Å²) >= 11 is 0. The summed E-state index contributed by atoms with van der Waals surface area (Å²) in [7, 11) is 3.36. The molecule has 0 aliphatic heterocycles. The molecule has 0 spiro atoms. The Labute approximate surface area is 122 Å². The van der Waals surface area contributed by atoms with Crippen LogP contribution in [0.4, 0.5) is 0 Å². The number of ether oxygens (including phenoxy) is 2. The Hall–Kier alpha value is -1.48. The van der Waals surface area contributed by atoms with Crippen LogP contribution < -0.4 is 14.8 Å². The highest BCUT2D eigenvalue weighted by molar-refractivity contribution is 5.64. The van der Waals surface area contributed by atoms with Crippen molar-refractivity contribution in [1.29, 1.82) is 0 Å². The van der Waals surface area contributed by atoms with Gasteiger partial charge in [-0.25, -0.2) is 0 Å². The molecule has 1 saturated carbocycles. The monoisotopic (exact) mass is 275 g/mol. The molecule has 1 aromatic carbocycles. The Morgan fingerprint density at radius 3 is 2.60 bits per heavy atom. The molecular weight excluding hydrogens is 250 g/mol. The van der Waals surface area contributed by atoms with Crippen LogP contribution in [-0.2, 0) is 0 Å². The summed E-state index contributed by atoms with van der Waals surface area (Å²) in [5.41, 5.74) is 2.47. The van der Waals surface area contributed by atoms with Gasteiger partial charge in [-0.1, -0.05) is 37.6 Å². The van der Waals surface area contributed by atoms with E-state index >= 15 is 0 Å². The first-order valence-electron chi connectivity index (χ1n) is 7.30. The second kappa shape index (κ2) is 6.80. The average molecular weight is 275 g/mol. The molecule has 110 valence electrons. The molecule has 0 aromatic heterocycles. The molecule has 0 atom stereocenters. The van der Waals surface area contributed by atoms with E-state index in [4.69, 9.17) is 9.47 Å². The van der Waals surface area contributed by atoms with Crippen molar-refractivity contribution in [3.05, 3.63) is 29.3 Å². The fraction of sp³-hybridized carbons (Fsp3) is 0.529. The van der Waals surface area contributed by atoms with Gasteiger partial charge in [-0.05, 0) is 24.8 Å². The number of hydrogen-bond acceptors (Lipinski definition) is 3. The zero-order valence-corrected chi connectivity index (χ0v) is 12.9. The molecule has 20 heavy (non-hydrogen) atoms. The van der Waals surface area contributed by atoms with Gasteiger partial charge in [0.2, 0.25) is 0 Å². The summed E-state index contributed by atoms with van der Waals surface area (Å²) < 4.78 is 10.9. The molecule has 2 rings (SSSR count). The van der Waals surface area contributed by atoms with Gasteiger partial charge < -0.3 is 14.8 Å². The molecule has 0 saturated heterocycles. The Bertz CT molecular complexity index is 476. The van der Waals surface area contributed by atoms with E-state index in [9.17, 15) is 0 Å². The summed E-state index contributed by atoms with van der Waals surface area (Å²) in [4.78, 5) is 0. The summed E-state index contributed by atoms with van der Waals surface area (Å²) in [6.45, 7) is 5.41. The second-order valence-corrected chi connectivity index (χ2v) is 5.61. The SMILES string of the molecule is COc1cccc(C=C(CNC2CC2)C(C)C)c1OC. The van der Waals surface area contributed by atoms with Crippen LogP contribution in [0.15, 0.2) is 23.8 Å². The molecule has 3 nitrogen and oxygen atoms in total. The van der Waals surface area contributed by atoms with Crippen molar-refractivity contribution in [1.82, 2.24) is 5.32 Å². The highest BCUT2D eigenvalue weighted by Gasteiger charge is 2.21. The number of nitrogens with one attached hydrogen (secondary N) is 1. The van der Waals surface area contributed by atoms with Crippen molar-refractivity contribution >= 4 is 6.08 Å². The molecule has 1 N–H and O–H groups in total. The van der Waals surface area contributed by atoms with Gasteiger partial charge >= 0.3 is 0 Å². The molecule has 0 radical (unpaired) electrons. The topological polar surface area (TPSA) is 30.5 Å². The van der Waals surface area contributed by atoms with Gasteiger partial charge in [0.05, 0.1) is 14.2 Å². The third-order valence-electron chi connectivity index (χ3n) is 3.69. The lowest BCUT2D eigenvalue weighted by atomic mass is 9.99. The normalized spacial score (nSPS) is 15.6. The summed E-state index contributed by atoms with van der Waals surface area (Å²) in [6, 6.07) is 6.72. The van der Waals surface area contributed by atoms with E-state index in [0.717, 1.165) is 29.6 Å². The Morgan fingerprint density at radius 2 is 2.05 bits per heavy atom. The molecule has 0 amide bonds. The molecule has 0 bridgehead atoms. The van der Waals surface area contributed by atoms with Crippen LogP contribution in [0.1, 0.15) is 32.3 Å². The zero-order chi connectivity index (χ0) is 14.5. The molecule has 1 fully saturated rings. The first-order valence-corrected chi connectivity index (χ1v) is 7.30. The zero-order valence-electron chi connectivity index (χ0n) is 12.9. The van der Waals surface area contributed by atoms with E-state index in [-0.39, 0.29) is 0 Å². The molecule has 1 aliphatic carbocycles. The van der Waals surface area contributed by atoms with Crippen molar-refractivity contribution in [2.75, 3.05) is 20.8 Å². The standard InChI is InChI=1S/C17H25NO2/c1-12(2)14(11-18-15-8-9-15)10-13-6-5-7-16(19-3)17(13)20-4/h5-7,10,12,15,18H,8-9,11H2,1-4H3. The lowest BCUT2D eigenvalue weighted by molar-refractivity contribution is 0.354. The van der Waals surface area contributed by atoms with E-state index in [2.05, 4.69) is 31.3 Å². The third kappa shape index (κ3) is 3.76. The second-order valence-electron chi connectivity index (χ2n) is 5.61. The van der Waals surface area contributed by atoms with Gasteiger partial charge in [-0.15, -0.1) is 0 Å². The van der Waals surface area contributed by atoms with Crippen LogP contribution >= 0.6 is 0 Å². The maximum absolute atomic E-state index is 5.50. The van der Waals surface area contributed by atoms with Crippen molar-refractivity contribution < 1.29 is 9.47 Å². The van der Waals surface area contributed by atoms with Crippen molar-refractivity contribution in [2.45, 2.75) is 32.7 Å². The number of hydrogen-bond donors (Lipinski definition) is 1. The minimum absolute atomic E-state index is 0.511. The fourth-order valence-corrected chi connectivity index (χ4v) is 2.20. The van der Waals surface area contributed by atoms with Crippen molar-refractivity contribution in [2.24, 2.45) is 5.92 Å². The number of para-hydroxylation sites is 1. The maximum Gasteiger partial charge on any atom is 0.167 e. The van der Waals surface area contributed by atoms with Crippen molar-refractivity contribution in [3.8, 4) is 11.5 Å². The van der Waals surface area contributed by atoms with Gasteiger partial charge in [0.1, 0.15) is 0 Å². The molecule has 0 unspecified atom stereocenters.